The fourth-order valence-corrected chi connectivity index (χ4v) is 2.14. The normalized spacial score (nSPS) is 15.5. The second-order valence-corrected chi connectivity index (χ2v) is 5.18. The number of rotatable bonds is 6. The summed E-state index contributed by atoms with van der Waals surface area (Å²) in [7, 11) is 4.22. The lowest BCUT2D eigenvalue weighted by atomic mass is 10.2. The Morgan fingerprint density at radius 3 is 2.73 bits per heavy atom. The quantitative estimate of drug-likeness (QED) is 0.807. The summed E-state index contributed by atoms with van der Waals surface area (Å²) in [5.41, 5.74) is 0. The van der Waals surface area contributed by atoms with Gasteiger partial charge in [-0.15, -0.1) is 11.3 Å². The van der Waals surface area contributed by atoms with Gasteiger partial charge in [-0.1, -0.05) is 0 Å². The van der Waals surface area contributed by atoms with Crippen LogP contribution in [0, 0.1) is 0 Å². The molecule has 0 aliphatic heterocycles. The van der Waals surface area contributed by atoms with Gasteiger partial charge in [-0.25, -0.2) is 4.98 Å². The number of aromatic nitrogens is 1. The molecule has 1 heterocycles. The monoisotopic (exact) mass is 227 g/mol. The average molecular weight is 227 g/mol. The zero-order valence-electron chi connectivity index (χ0n) is 10.0. The first kappa shape index (κ1) is 12.6. The number of nitrogens with one attached hydrogen (secondary N) is 1. The summed E-state index contributed by atoms with van der Waals surface area (Å²) in [6, 6.07) is 0.897. The molecule has 1 aromatic heterocycles. The zero-order chi connectivity index (χ0) is 11.3. The van der Waals surface area contributed by atoms with E-state index in [1.807, 2.05) is 11.6 Å². The summed E-state index contributed by atoms with van der Waals surface area (Å²) in [6.45, 7) is 5.53. The third-order valence-corrected chi connectivity index (χ3v) is 3.32. The molecule has 0 spiro atoms. The van der Waals surface area contributed by atoms with Crippen molar-refractivity contribution in [2.45, 2.75) is 32.4 Å². The number of nitrogens with zero attached hydrogens (tertiary/aromatic N) is 2. The van der Waals surface area contributed by atoms with Crippen molar-refractivity contribution in [1.29, 1.82) is 0 Å². The molecule has 3 nitrogen and oxygen atoms in total. The third-order valence-electron chi connectivity index (χ3n) is 2.37. The predicted octanol–water partition coefficient (Wildman–Crippen LogP) is 2.13. The standard InChI is InChI=1S/C11H21N3S/c1-9(5-7-14(3)4)13-10(2)11-12-6-8-15-11/h6,8-10,13H,5,7H2,1-4H3. The Morgan fingerprint density at radius 1 is 1.47 bits per heavy atom. The molecule has 0 saturated heterocycles. The first-order chi connectivity index (χ1) is 7.09. The molecular formula is C11H21N3S. The lowest BCUT2D eigenvalue weighted by Gasteiger charge is -2.20. The van der Waals surface area contributed by atoms with E-state index in [0.717, 1.165) is 6.54 Å². The zero-order valence-corrected chi connectivity index (χ0v) is 10.8. The highest BCUT2D eigenvalue weighted by Gasteiger charge is 2.11. The van der Waals surface area contributed by atoms with Crippen LogP contribution in [-0.2, 0) is 0 Å². The topological polar surface area (TPSA) is 28.2 Å². The third kappa shape index (κ3) is 4.73. The first-order valence-corrected chi connectivity index (χ1v) is 6.27. The van der Waals surface area contributed by atoms with Crippen LogP contribution in [0.5, 0.6) is 0 Å². The highest BCUT2D eigenvalue weighted by molar-refractivity contribution is 7.09. The van der Waals surface area contributed by atoms with Gasteiger partial charge in [0.1, 0.15) is 5.01 Å². The molecule has 4 heteroatoms. The van der Waals surface area contributed by atoms with E-state index in [1.54, 1.807) is 11.3 Å². The number of hydrogen-bond acceptors (Lipinski definition) is 4. The van der Waals surface area contributed by atoms with Gasteiger partial charge >= 0.3 is 0 Å². The van der Waals surface area contributed by atoms with Gasteiger partial charge in [-0.3, -0.25) is 0 Å². The maximum Gasteiger partial charge on any atom is 0.109 e. The Hall–Kier alpha value is -0.450. The molecule has 2 unspecified atom stereocenters. The smallest absolute Gasteiger partial charge is 0.109 e. The Bertz CT molecular complexity index is 259. The molecule has 0 aliphatic rings. The molecule has 15 heavy (non-hydrogen) atoms. The van der Waals surface area contributed by atoms with Gasteiger partial charge in [0.25, 0.3) is 0 Å². The molecule has 2 atom stereocenters. The van der Waals surface area contributed by atoms with Crippen molar-refractivity contribution in [1.82, 2.24) is 15.2 Å². The van der Waals surface area contributed by atoms with Gasteiger partial charge in [-0.2, -0.15) is 0 Å². The van der Waals surface area contributed by atoms with E-state index in [1.165, 1.54) is 11.4 Å². The largest absolute Gasteiger partial charge is 0.309 e. The van der Waals surface area contributed by atoms with Crippen LogP contribution >= 0.6 is 11.3 Å². The lowest BCUT2D eigenvalue weighted by Crippen LogP contribution is -2.31. The summed E-state index contributed by atoms with van der Waals surface area (Å²) < 4.78 is 0. The van der Waals surface area contributed by atoms with Gasteiger partial charge in [0.15, 0.2) is 0 Å². The van der Waals surface area contributed by atoms with Crippen molar-refractivity contribution in [2.24, 2.45) is 0 Å². The molecule has 0 fully saturated rings. The van der Waals surface area contributed by atoms with E-state index >= 15 is 0 Å². The molecule has 0 saturated carbocycles. The molecule has 0 aromatic carbocycles. The van der Waals surface area contributed by atoms with Crippen LogP contribution in [0.4, 0.5) is 0 Å². The Morgan fingerprint density at radius 2 is 2.20 bits per heavy atom. The highest BCUT2D eigenvalue weighted by Crippen LogP contribution is 2.15. The van der Waals surface area contributed by atoms with Gasteiger partial charge in [0, 0.05) is 17.6 Å². The molecule has 0 bridgehead atoms. The van der Waals surface area contributed by atoms with Crippen LogP contribution in [0.15, 0.2) is 11.6 Å². The summed E-state index contributed by atoms with van der Waals surface area (Å²) in [4.78, 5) is 6.52. The fraction of sp³-hybridized carbons (Fsp3) is 0.727. The highest BCUT2D eigenvalue weighted by atomic mass is 32.1. The first-order valence-electron chi connectivity index (χ1n) is 5.39. The Kier molecular flexibility index (Phi) is 5.22. The fourth-order valence-electron chi connectivity index (χ4n) is 1.48. The predicted molar refractivity (Wildman–Crippen MR) is 66.3 cm³/mol. The molecule has 1 rings (SSSR count). The molecule has 0 amide bonds. The van der Waals surface area contributed by atoms with E-state index in [4.69, 9.17) is 0 Å². The second kappa shape index (κ2) is 6.20. The van der Waals surface area contributed by atoms with Crippen molar-refractivity contribution in [3.63, 3.8) is 0 Å². The molecular weight excluding hydrogens is 206 g/mol. The summed E-state index contributed by atoms with van der Waals surface area (Å²) >= 11 is 1.71. The number of thiazole rings is 1. The van der Waals surface area contributed by atoms with E-state index in [-0.39, 0.29) is 0 Å². The summed E-state index contributed by atoms with van der Waals surface area (Å²) in [5, 5.41) is 6.76. The molecule has 1 N–H and O–H groups in total. The maximum absolute atomic E-state index is 4.31. The van der Waals surface area contributed by atoms with E-state index in [2.05, 4.69) is 43.1 Å². The maximum atomic E-state index is 4.31. The summed E-state index contributed by atoms with van der Waals surface area (Å²) in [5.74, 6) is 0. The lowest BCUT2D eigenvalue weighted by molar-refractivity contribution is 0.354. The van der Waals surface area contributed by atoms with Crippen LogP contribution < -0.4 is 5.32 Å². The van der Waals surface area contributed by atoms with Crippen LogP contribution in [0.1, 0.15) is 31.3 Å². The van der Waals surface area contributed by atoms with Crippen molar-refractivity contribution < 1.29 is 0 Å². The van der Waals surface area contributed by atoms with Gasteiger partial charge < -0.3 is 10.2 Å². The van der Waals surface area contributed by atoms with E-state index in [0.29, 0.717) is 12.1 Å². The van der Waals surface area contributed by atoms with Crippen LogP contribution in [0.2, 0.25) is 0 Å². The van der Waals surface area contributed by atoms with Crippen molar-refractivity contribution >= 4 is 11.3 Å². The molecule has 0 aliphatic carbocycles. The minimum absolute atomic E-state index is 0.363. The number of hydrogen-bond donors (Lipinski definition) is 1. The van der Waals surface area contributed by atoms with Crippen molar-refractivity contribution in [3.05, 3.63) is 16.6 Å². The van der Waals surface area contributed by atoms with Crippen LogP contribution in [0.3, 0.4) is 0 Å². The van der Waals surface area contributed by atoms with Gasteiger partial charge in [0.2, 0.25) is 0 Å². The molecule has 86 valence electrons. The van der Waals surface area contributed by atoms with E-state index < -0.39 is 0 Å². The van der Waals surface area contributed by atoms with Crippen LogP contribution in [-0.4, -0.2) is 36.6 Å². The Labute approximate surface area is 96.5 Å². The average Bonchev–Trinajstić information content (AvgIpc) is 2.67. The van der Waals surface area contributed by atoms with E-state index in [9.17, 15) is 0 Å². The van der Waals surface area contributed by atoms with Crippen molar-refractivity contribution in [3.8, 4) is 0 Å². The SMILES string of the molecule is CC(CCN(C)C)NC(C)c1nccs1. The van der Waals surface area contributed by atoms with Crippen molar-refractivity contribution in [2.75, 3.05) is 20.6 Å². The minimum atomic E-state index is 0.363. The van der Waals surface area contributed by atoms with Crippen LogP contribution in [0.25, 0.3) is 0 Å². The minimum Gasteiger partial charge on any atom is -0.309 e. The van der Waals surface area contributed by atoms with Gasteiger partial charge in [0.05, 0.1) is 6.04 Å². The van der Waals surface area contributed by atoms with Gasteiger partial charge in [-0.05, 0) is 40.9 Å². The Balaban J connectivity index is 2.28. The summed E-state index contributed by atoms with van der Waals surface area (Å²) in [6.07, 6.45) is 3.03. The molecule has 0 radical (unpaired) electrons. The molecule has 1 aromatic rings. The second-order valence-electron chi connectivity index (χ2n) is 4.25.